The number of rotatable bonds is 9. The van der Waals surface area contributed by atoms with Gasteiger partial charge >= 0.3 is 12.0 Å². The van der Waals surface area contributed by atoms with Crippen LogP contribution in [-0.4, -0.2) is 29.7 Å². The fraction of sp³-hybridized carbons (Fsp3) is 0.310. The van der Waals surface area contributed by atoms with E-state index >= 15 is 0 Å². The number of carbonyl (C=O) groups is 2. The molecule has 1 fully saturated rings. The first-order valence-electron chi connectivity index (χ1n) is 12.3. The summed E-state index contributed by atoms with van der Waals surface area (Å²) in [6, 6.07) is 26.1. The van der Waals surface area contributed by atoms with Crippen molar-refractivity contribution in [2.45, 2.75) is 60.8 Å². The Morgan fingerprint density at radius 2 is 1.57 bits per heavy atom. The number of anilines is 1. The van der Waals surface area contributed by atoms with Crippen molar-refractivity contribution < 1.29 is 14.7 Å². The van der Waals surface area contributed by atoms with E-state index in [1.54, 1.807) is 11.8 Å². The molecule has 1 aliphatic rings. The van der Waals surface area contributed by atoms with E-state index in [2.05, 4.69) is 17.4 Å². The number of urea groups is 1. The number of nitrogens with zero attached hydrogens (tertiary/aromatic N) is 1. The zero-order valence-electron chi connectivity index (χ0n) is 19.9. The van der Waals surface area contributed by atoms with Gasteiger partial charge in [0, 0.05) is 28.1 Å². The smallest absolute Gasteiger partial charge is 0.322 e. The average molecular weight is 489 g/mol. The van der Waals surface area contributed by atoms with Gasteiger partial charge in [-0.2, -0.15) is 0 Å². The SMILES string of the molecule is O=C(O)Cc1cccc(Sc2ccc(N(CCc3ccccc3)C(=O)NC3CCCCC3)cc2)c1. The molecule has 0 radical (unpaired) electrons. The van der Waals surface area contributed by atoms with Gasteiger partial charge in [-0.1, -0.05) is 73.5 Å². The molecule has 0 heterocycles. The fourth-order valence-corrected chi connectivity index (χ4v) is 5.36. The van der Waals surface area contributed by atoms with Crippen LogP contribution in [0.3, 0.4) is 0 Å². The number of nitrogens with one attached hydrogen (secondary N) is 1. The molecule has 0 saturated heterocycles. The molecule has 0 bridgehead atoms. The molecule has 4 rings (SSSR count). The van der Waals surface area contributed by atoms with E-state index in [0.717, 1.165) is 40.3 Å². The summed E-state index contributed by atoms with van der Waals surface area (Å²) < 4.78 is 0. The third kappa shape index (κ3) is 7.62. The summed E-state index contributed by atoms with van der Waals surface area (Å²) in [5.41, 5.74) is 2.86. The predicted molar refractivity (Wildman–Crippen MR) is 141 cm³/mol. The van der Waals surface area contributed by atoms with Crippen molar-refractivity contribution in [2.24, 2.45) is 0 Å². The number of carboxylic acids is 1. The summed E-state index contributed by atoms with van der Waals surface area (Å²) in [6.07, 6.45) is 6.50. The predicted octanol–water partition coefficient (Wildman–Crippen LogP) is 6.56. The van der Waals surface area contributed by atoms with Crippen molar-refractivity contribution in [1.82, 2.24) is 5.32 Å². The molecule has 0 spiro atoms. The van der Waals surface area contributed by atoms with Gasteiger partial charge < -0.3 is 10.4 Å². The number of amides is 2. The van der Waals surface area contributed by atoms with E-state index < -0.39 is 5.97 Å². The van der Waals surface area contributed by atoms with Crippen LogP contribution in [-0.2, 0) is 17.6 Å². The minimum atomic E-state index is -0.835. The lowest BCUT2D eigenvalue weighted by Gasteiger charge is -2.28. The highest BCUT2D eigenvalue weighted by Crippen LogP contribution is 2.30. The summed E-state index contributed by atoms with van der Waals surface area (Å²) in [5, 5.41) is 12.3. The molecule has 6 heteroatoms. The summed E-state index contributed by atoms with van der Waals surface area (Å²) in [6.45, 7) is 0.603. The molecule has 0 aliphatic heterocycles. The van der Waals surface area contributed by atoms with Gasteiger partial charge in [-0.25, -0.2) is 4.79 Å². The highest BCUT2D eigenvalue weighted by Gasteiger charge is 2.21. The van der Waals surface area contributed by atoms with Crippen LogP contribution in [0, 0.1) is 0 Å². The average Bonchev–Trinajstić information content (AvgIpc) is 2.86. The first-order chi connectivity index (χ1) is 17.1. The van der Waals surface area contributed by atoms with Crippen LogP contribution in [0.1, 0.15) is 43.2 Å². The van der Waals surface area contributed by atoms with Gasteiger partial charge in [0.25, 0.3) is 0 Å². The maximum Gasteiger partial charge on any atom is 0.322 e. The van der Waals surface area contributed by atoms with E-state index in [-0.39, 0.29) is 18.5 Å². The largest absolute Gasteiger partial charge is 0.481 e. The van der Waals surface area contributed by atoms with E-state index in [1.165, 1.54) is 24.8 Å². The zero-order chi connectivity index (χ0) is 24.5. The highest BCUT2D eigenvalue weighted by molar-refractivity contribution is 7.99. The lowest BCUT2D eigenvalue weighted by molar-refractivity contribution is -0.136. The van der Waals surface area contributed by atoms with Crippen molar-refractivity contribution >= 4 is 29.4 Å². The number of carbonyl (C=O) groups excluding carboxylic acids is 1. The molecular weight excluding hydrogens is 456 g/mol. The molecule has 0 aromatic heterocycles. The molecule has 3 aromatic rings. The van der Waals surface area contributed by atoms with Crippen LogP contribution in [0.2, 0.25) is 0 Å². The number of benzene rings is 3. The Morgan fingerprint density at radius 3 is 2.29 bits per heavy atom. The summed E-state index contributed by atoms with van der Waals surface area (Å²) >= 11 is 1.58. The number of hydrogen-bond acceptors (Lipinski definition) is 3. The molecule has 0 atom stereocenters. The summed E-state index contributed by atoms with van der Waals surface area (Å²) in [5.74, 6) is -0.835. The Balaban J connectivity index is 1.46. The molecule has 35 heavy (non-hydrogen) atoms. The van der Waals surface area contributed by atoms with Crippen LogP contribution >= 0.6 is 11.8 Å². The quantitative estimate of drug-likeness (QED) is 0.358. The number of carboxylic acid groups (broad SMARTS) is 1. The first kappa shape index (κ1) is 24.9. The van der Waals surface area contributed by atoms with Crippen LogP contribution < -0.4 is 10.2 Å². The fourth-order valence-electron chi connectivity index (χ4n) is 4.46. The second-order valence-electron chi connectivity index (χ2n) is 8.99. The summed E-state index contributed by atoms with van der Waals surface area (Å²) in [4.78, 5) is 28.2. The minimum absolute atomic E-state index is 0.0137. The van der Waals surface area contributed by atoms with Gasteiger partial charge in [-0.15, -0.1) is 0 Å². The minimum Gasteiger partial charge on any atom is -0.481 e. The lowest BCUT2D eigenvalue weighted by Crippen LogP contribution is -2.46. The molecular formula is C29H32N2O3S. The van der Waals surface area contributed by atoms with Crippen molar-refractivity contribution in [3.8, 4) is 0 Å². The van der Waals surface area contributed by atoms with Gasteiger partial charge in [0.05, 0.1) is 6.42 Å². The third-order valence-corrected chi connectivity index (χ3v) is 7.28. The van der Waals surface area contributed by atoms with Gasteiger partial charge in [0.2, 0.25) is 0 Å². The number of hydrogen-bond donors (Lipinski definition) is 2. The molecule has 2 amide bonds. The van der Waals surface area contributed by atoms with Crippen LogP contribution in [0.5, 0.6) is 0 Å². The van der Waals surface area contributed by atoms with Crippen LogP contribution in [0.25, 0.3) is 0 Å². The van der Waals surface area contributed by atoms with E-state index in [9.17, 15) is 9.59 Å². The molecule has 182 valence electrons. The Bertz CT molecular complexity index is 1110. The van der Waals surface area contributed by atoms with Gasteiger partial charge in [0.1, 0.15) is 0 Å². The Morgan fingerprint density at radius 1 is 0.857 bits per heavy atom. The number of aliphatic carboxylic acids is 1. The monoisotopic (exact) mass is 488 g/mol. The molecule has 1 aliphatic carbocycles. The van der Waals surface area contributed by atoms with E-state index in [0.29, 0.717) is 6.54 Å². The van der Waals surface area contributed by atoms with Crippen LogP contribution in [0.4, 0.5) is 10.5 Å². The Kier molecular flexibility index (Phi) is 8.85. The van der Waals surface area contributed by atoms with Crippen molar-refractivity contribution in [1.29, 1.82) is 0 Å². The van der Waals surface area contributed by atoms with Gasteiger partial charge in [0.15, 0.2) is 0 Å². The molecule has 5 nitrogen and oxygen atoms in total. The zero-order valence-corrected chi connectivity index (χ0v) is 20.7. The lowest BCUT2D eigenvalue weighted by atomic mass is 9.96. The van der Waals surface area contributed by atoms with Crippen molar-refractivity contribution in [3.63, 3.8) is 0 Å². The second-order valence-corrected chi connectivity index (χ2v) is 10.1. The first-order valence-corrected chi connectivity index (χ1v) is 13.1. The van der Waals surface area contributed by atoms with E-state index in [1.807, 2.05) is 71.6 Å². The third-order valence-electron chi connectivity index (χ3n) is 6.28. The molecule has 3 aromatic carbocycles. The topological polar surface area (TPSA) is 69.6 Å². The van der Waals surface area contributed by atoms with E-state index in [4.69, 9.17) is 5.11 Å². The normalized spacial score (nSPS) is 13.8. The summed E-state index contributed by atoms with van der Waals surface area (Å²) in [7, 11) is 0. The maximum atomic E-state index is 13.3. The standard InChI is InChI=1S/C29H32N2O3S/c32-28(33)21-23-10-7-13-27(20-23)35-26-16-14-25(15-17-26)31(19-18-22-8-3-1-4-9-22)29(34)30-24-11-5-2-6-12-24/h1,3-4,7-10,13-17,20,24H,2,5-6,11-12,18-19,21H2,(H,30,34)(H,32,33). The Labute approximate surface area is 211 Å². The maximum absolute atomic E-state index is 13.3. The highest BCUT2D eigenvalue weighted by atomic mass is 32.2. The van der Waals surface area contributed by atoms with Crippen LogP contribution in [0.15, 0.2) is 88.7 Å². The van der Waals surface area contributed by atoms with Crippen molar-refractivity contribution in [3.05, 3.63) is 90.0 Å². The van der Waals surface area contributed by atoms with Gasteiger partial charge in [-0.3, -0.25) is 9.69 Å². The Hall–Kier alpha value is -3.25. The molecule has 1 saturated carbocycles. The van der Waals surface area contributed by atoms with Gasteiger partial charge in [-0.05, 0) is 66.8 Å². The second kappa shape index (κ2) is 12.5. The van der Waals surface area contributed by atoms with Crippen molar-refractivity contribution in [2.75, 3.05) is 11.4 Å². The molecule has 2 N–H and O–H groups in total. The molecule has 0 unspecified atom stereocenters.